The van der Waals surface area contributed by atoms with E-state index in [-0.39, 0.29) is 35.3 Å². The van der Waals surface area contributed by atoms with Gasteiger partial charge in [-0.2, -0.15) is 0 Å². The van der Waals surface area contributed by atoms with Crippen molar-refractivity contribution in [3.05, 3.63) is 29.8 Å². The number of aromatic hydroxyl groups is 1. The van der Waals surface area contributed by atoms with E-state index in [0.29, 0.717) is 5.56 Å². The molecule has 6 nitrogen and oxygen atoms in total. The minimum atomic E-state index is -2.86. The van der Waals surface area contributed by atoms with Crippen molar-refractivity contribution in [3.63, 3.8) is 0 Å². The van der Waals surface area contributed by atoms with Gasteiger partial charge in [-0.15, -0.1) is 0 Å². The smallest absolute Gasteiger partial charge is 0.750 e. The van der Waals surface area contributed by atoms with Crippen LogP contribution in [-0.4, -0.2) is 31.5 Å². The van der Waals surface area contributed by atoms with E-state index in [1.807, 2.05) is 0 Å². The van der Waals surface area contributed by atoms with Crippen LogP contribution < -0.4 is 29.6 Å². The zero-order valence-electron chi connectivity index (χ0n) is 8.75. The molecule has 0 radical (unpaired) electrons. The summed E-state index contributed by atoms with van der Waals surface area (Å²) in [5.74, 6) is -0.261. The van der Waals surface area contributed by atoms with E-state index in [1.165, 1.54) is 31.4 Å². The van der Waals surface area contributed by atoms with Gasteiger partial charge in [0.2, 0.25) is 0 Å². The second-order valence-corrected chi connectivity index (χ2v) is 2.69. The fraction of sp³-hybridized carbons (Fsp3) is 0.125. The van der Waals surface area contributed by atoms with Crippen molar-refractivity contribution < 1.29 is 57.5 Å². The first-order valence-electron chi connectivity index (χ1n) is 3.63. The molecule has 0 heterocycles. The number of methoxy groups -OCH3 is 1. The maximum absolute atomic E-state index is 10.8. The van der Waals surface area contributed by atoms with Crippen LogP contribution in [0.4, 0.5) is 0 Å². The van der Waals surface area contributed by atoms with Gasteiger partial charge in [0.15, 0.2) is 0 Å². The summed E-state index contributed by atoms with van der Waals surface area (Å²) in [5, 5.41) is 8.86. The Kier molecular flexibility index (Phi) is 10.9. The molecule has 2 N–H and O–H groups in total. The Labute approximate surface area is 117 Å². The molecular formula is C8H9NaO6S. The standard InChI is InChI=1S/C8H8O3.Na.H2O3S/c1-11-8(10)6-2-4-7(9)5-3-6;;1-4(2)3/h2-5,9H,1H3;;(H2,1,2,3)/q;+1;/p-1. The fourth-order valence-corrected chi connectivity index (χ4v) is 0.715. The predicted octanol–water partition coefficient (Wildman–Crippen LogP) is -2.48. The number of carbonyl (C=O) groups is 1. The van der Waals surface area contributed by atoms with Crippen LogP contribution in [0.5, 0.6) is 5.75 Å². The molecule has 0 fully saturated rings. The van der Waals surface area contributed by atoms with Gasteiger partial charge in [0, 0.05) is 0 Å². The van der Waals surface area contributed by atoms with Crippen molar-refractivity contribution in [2.45, 2.75) is 0 Å². The topological polar surface area (TPSA) is 107 Å². The molecule has 8 heteroatoms. The number of hydrogen-bond acceptors (Lipinski definition) is 5. The number of carbonyl (C=O) groups excluding carboxylic acids is 1. The van der Waals surface area contributed by atoms with Crippen molar-refractivity contribution >= 4 is 17.3 Å². The quantitative estimate of drug-likeness (QED) is 0.327. The summed E-state index contributed by atoms with van der Waals surface area (Å²) in [5.41, 5.74) is 0.435. The number of rotatable bonds is 1. The van der Waals surface area contributed by atoms with Gasteiger partial charge in [-0.05, 0) is 24.3 Å². The van der Waals surface area contributed by atoms with Crippen LogP contribution in [0.25, 0.3) is 0 Å². The Morgan fingerprint density at radius 1 is 1.38 bits per heavy atom. The van der Waals surface area contributed by atoms with E-state index in [9.17, 15) is 4.79 Å². The molecule has 0 amide bonds. The molecule has 0 bridgehead atoms. The van der Waals surface area contributed by atoms with E-state index in [2.05, 4.69) is 4.74 Å². The number of phenols is 1. The first kappa shape index (κ1) is 17.9. The van der Waals surface area contributed by atoms with E-state index in [4.69, 9.17) is 18.4 Å². The molecule has 1 aromatic rings. The maximum atomic E-state index is 10.8. The normalized spacial score (nSPS) is 10.2. The van der Waals surface area contributed by atoms with Crippen molar-refractivity contribution in [1.82, 2.24) is 0 Å². The van der Waals surface area contributed by atoms with Gasteiger partial charge in [-0.25, -0.2) is 9.00 Å². The van der Waals surface area contributed by atoms with E-state index >= 15 is 0 Å². The van der Waals surface area contributed by atoms with Crippen LogP contribution in [0.15, 0.2) is 24.3 Å². The summed E-state index contributed by atoms with van der Waals surface area (Å²) in [6, 6.07) is 5.88. The SMILES string of the molecule is COC(=O)c1ccc(O)cc1.O=S([O-])O.[Na+]. The minimum Gasteiger partial charge on any atom is -0.750 e. The number of benzene rings is 1. The van der Waals surface area contributed by atoms with E-state index in [0.717, 1.165) is 0 Å². The van der Waals surface area contributed by atoms with Crippen LogP contribution in [0, 0.1) is 0 Å². The summed E-state index contributed by atoms with van der Waals surface area (Å²) in [6.45, 7) is 0. The number of hydrogen-bond donors (Lipinski definition) is 2. The largest absolute Gasteiger partial charge is 1.00 e. The molecule has 0 aliphatic carbocycles. The Bertz CT molecular complexity index is 335. The summed E-state index contributed by atoms with van der Waals surface area (Å²) < 4.78 is 28.5. The second kappa shape index (κ2) is 9.76. The van der Waals surface area contributed by atoms with Gasteiger partial charge in [-0.1, -0.05) is 0 Å². The summed E-state index contributed by atoms with van der Waals surface area (Å²) in [6.07, 6.45) is 0. The van der Waals surface area contributed by atoms with Crippen LogP contribution in [0.2, 0.25) is 0 Å². The van der Waals surface area contributed by atoms with E-state index in [1.54, 1.807) is 0 Å². The van der Waals surface area contributed by atoms with Gasteiger partial charge >= 0.3 is 35.5 Å². The fourth-order valence-electron chi connectivity index (χ4n) is 0.715. The third-order valence-electron chi connectivity index (χ3n) is 1.29. The molecule has 0 aromatic heterocycles. The van der Waals surface area contributed by atoms with Gasteiger partial charge in [0.25, 0.3) is 0 Å². The molecule has 84 valence electrons. The molecule has 1 aromatic carbocycles. The second-order valence-electron chi connectivity index (χ2n) is 2.26. The van der Waals surface area contributed by atoms with Gasteiger partial charge in [0.1, 0.15) is 5.75 Å². The summed E-state index contributed by atoms with van der Waals surface area (Å²) in [4.78, 5) is 10.8. The average molecular weight is 256 g/mol. The average Bonchev–Trinajstić information content (AvgIpc) is 2.17. The van der Waals surface area contributed by atoms with Crippen LogP contribution >= 0.6 is 0 Å². The monoisotopic (exact) mass is 256 g/mol. The molecule has 0 aliphatic rings. The summed E-state index contributed by atoms with van der Waals surface area (Å²) >= 11 is -2.86. The Morgan fingerprint density at radius 2 is 1.75 bits per heavy atom. The number of esters is 1. The molecule has 16 heavy (non-hydrogen) atoms. The van der Waals surface area contributed by atoms with Crippen LogP contribution in [0.3, 0.4) is 0 Å². The molecule has 0 aliphatic heterocycles. The van der Waals surface area contributed by atoms with Crippen molar-refractivity contribution in [3.8, 4) is 5.75 Å². The van der Waals surface area contributed by atoms with Crippen LogP contribution in [-0.2, 0) is 16.1 Å². The number of ether oxygens (including phenoxy) is 1. The van der Waals surface area contributed by atoms with Gasteiger partial charge in [-0.3, -0.25) is 0 Å². The first-order valence-corrected chi connectivity index (χ1v) is 4.66. The molecule has 1 unspecified atom stereocenters. The van der Waals surface area contributed by atoms with E-state index < -0.39 is 17.3 Å². The zero-order valence-corrected chi connectivity index (χ0v) is 11.6. The van der Waals surface area contributed by atoms with Gasteiger partial charge < -0.3 is 18.9 Å². The molecule has 1 atom stereocenters. The van der Waals surface area contributed by atoms with Crippen molar-refractivity contribution in [1.29, 1.82) is 0 Å². The first-order chi connectivity index (χ1) is 6.97. The maximum Gasteiger partial charge on any atom is 1.00 e. The Morgan fingerprint density at radius 3 is 2.06 bits per heavy atom. The molecule has 0 spiro atoms. The Hall–Kier alpha value is -0.440. The molecular weight excluding hydrogens is 247 g/mol. The third-order valence-corrected chi connectivity index (χ3v) is 1.29. The number of phenolic OH excluding ortho intramolecular Hbond substituents is 1. The summed E-state index contributed by atoms with van der Waals surface area (Å²) in [7, 11) is 1.31. The van der Waals surface area contributed by atoms with Crippen LogP contribution in [0.1, 0.15) is 10.4 Å². The zero-order chi connectivity index (χ0) is 11.8. The Balaban J connectivity index is 0. The molecule has 1 rings (SSSR count). The molecule has 0 saturated carbocycles. The third kappa shape index (κ3) is 8.84. The molecule has 0 saturated heterocycles. The van der Waals surface area contributed by atoms with Crippen molar-refractivity contribution in [2.24, 2.45) is 0 Å². The van der Waals surface area contributed by atoms with Crippen molar-refractivity contribution in [2.75, 3.05) is 7.11 Å². The minimum absolute atomic E-state index is 0. The predicted molar refractivity (Wildman–Crippen MR) is 51.0 cm³/mol. The van der Waals surface area contributed by atoms with Gasteiger partial charge in [0.05, 0.1) is 24.0 Å².